The van der Waals surface area contributed by atoms with Gasteiger partial charge in [-0.05, 0) is 43.2 Å². The van der Waals surface area contributed by atoms with Crippen molar-refractivity contribution in [3.05, 3.63) is 35.3 Å². The van der Waals surface area contributed by atoms with Crippen LogP contribution >= 0.6 is 0 Å². The number of allylic oxidation sites excluding steroid dienone is 2. The van der Waals surface area contributed by atoms with Gasteiger partial charge in [-0.3, -0.25) is 0 Å². The summed E-state index contributed by atoms with van der Waals surface area (Å²) in [6.07, 6.45) is 5.42. The molecule has 1 aromatic rings. The van der Waals surface area contributed by atoms with E-state index < -0.39 is 0 Å². The second-order valence-corrected chi connectivity index (χ2v) is 5.87. The zero-order chi connectivity index (χ0) is 11.9. The van der Waals surface area contributed by atoms with Crippen molar-refractivity contribution in [1.29, 1.82) is 0 Å². The molecular weight excluding hydrogens is 196 g/mol. The van der Waals surface area contributed by atoms with Gasteiger partial charge in [-0.2, -0.15) is 0 Å². The predicted octanol–water partition coefficient (Wildman–Crippen LogP) is 4.68. The van der Waals surface area contributed by atoms with Gasteiger partial charge in [0.1, 0.15) is 5.76 Å². The SMILES string of the molecule is CC1=CC[C@@H](C)C(C)(C)[C@@H]1c1cc(C)co1. The van der Waals surface area contributed by atoms with Gasteiger partial charge in [0.05, 0.1) is 6.26 Å². The fraction of sp³-hybridized carbons (Fsp3) is 0.600. The summed E-state index contributed by atoms with van der Waals surface area (Å²) in [5.41, 5.74) is 2.96. The molecule has 0 amide bonds. The molecule has 0 fully saturated rings. The van der Waals surface area contributed by atoms with Gasteiger partial charge in [0.2, 0.25) is 0 Å². The average molecular weight is 218 g/mol. The van der Waals surface area contributed by atoms with E-state index in [4.69, 9.17) is 4.42 Å². The second-order valence-electron chi connectivity index (χ2n) is 5.87. The first-order valence-electron chi connectivity index (χ1n) is 6.14. The maximum absolute atomic E-state index is 5.72. The molecule has 0 aliphatic heterocycles. The van der Waals surface area contributed by atoms with E-state index in [1.165, 1.54) is 17.6 Å². The quantitative estimate of drug-likeness (QED) is 0.623. The Hall–Kier alpha value is -0.980. The Bertz CT molecular complexity index is 409. The molecule has 2 atom stereocenters. The van der Waals surface area contributed by atoms with Crippen LogP contribution in [0.2, 0.25) is 0 Å². The maximum atomic E-state index is 5.72. The van der Waals surface area contributed by atoms with Crippen molar-refractivity contribution >= 4 is 0 Å². The highest BCUT2D eigenvalue weighted by Crippen LogP contribution is 2.50. The number of furan rings is 1. The predicted molar refractivity (Wildman–Crippen MR) is 67.5 cm³/mol. The third kappa shape index (κ3) is 1.73. The first kappa shape index (κ1) is 11.5. The van der Waals surface area contributed by atoms with Crippen molar-refractivity contribution < 1.29 is 4.42 Å². The van der Waals surface area contributed by atoms with Crippen molar-refractivity contribution in [2.24, 2.45) is 11.3 Å². The van der Waals surface area contributed by atoms with Gasteiger partial charge in [-0.1, -0.05) is 32.4 Å². The molecule has 0 aromatic carbocycles. The van der Waals surface area contributed by atoms with Crippen molar-refractivity contribution in [3.8, 4) is 0 Å². The summed E-state index contributed by atoms with van der Waals surface area (Å²) >= 11 is 0. The van der Waals surface area contributed by atoms with Gasteiger partial charge < -0.3 is 4.42 Å². The molecule has 0 saturated carbocycles. The molecule has 16 heavy (non-hydrogen) atoms. The van der Waals surface area contributed by atoms with Crippen LogP contribution in [0.15, 0.2) is 28.4 Å². The number of rotatable bonds is 1. The van der Waals surface area contributed by atoms with Crippen molar-refractivity contribution in [3.63, 3.8) is 0 Å². The van der Waals surface area contributed by atoms with Crippen molar-refractivity contribution in [2.75, 3.05) is 0 Å². The molecule has 0 saturated heterocycles. The fourth-order valence-corrected chi connectivity index (χ4v) is 2.85. The fourth-order valence-electron chi connectivity index (χ4n) is 2.85. The summed E-state index contributed by atoms with van der Waals surface area (Å²) in [5.74, 6) is 2.26. The molecule has 0 unspecified atom stereocenters. The minimum Gasteiger partial charge on any atom is -0.468 e. The lowest BCUT2D eigenvalue weighted by atomic mass is 9.62. The summed E-state index contributed by atoms with van der Waals surface area (Å²) in [5, 5.41) is 0. The van der Waals surface area contributed by atoms with E-state index in [0.717, 1.165) is 5.76 Å². The van der Waals surface area contributed by atoms with E-state index in [9.17, 15) is 0 Å². The molecule has 0 radical (unpaired) electrons. The van der Waals surface area contributed by atoms with Crippen LogP contribution in [0.4, 0.5) is 0 Å². The molecule has 1 aliphatic carbocycles. The first-order chi connectivity index (χ1) is 7.43. The van der Waals surface area contributed by atoms with Crippen molar-refractivity contribution in [1.82, 2.24) is 0 Å². The second kappa shape index (κ2) is 3.80. The standard InChI is InChI=1S/C15H22O/c1-10-8-13(16-9-10)14-11(2)6-7-12(3)15(14,4)5/h6,8-9,12,14H,7H2,1-5H3/t12-,14+/m1/s1. The Morgan fingerprint density at radius 3 is 2.56 bits per heavy atom. The minimum absolute atomic E-state index is 0.281. The Morgan fingerprint density at radius 2 is 2.00 bits per heavy atom. The molecule has 0 bridgehead atoms. The molecule has 1 heteroatoms. The van der Waals surface area contributed by atoms with Gasteiger partial charge in [0.25, 0.3) is 0 Å². The molecule has 2 rings (SSSR count). The van der Waals surface area contributed by atoms with Crippen LogP contribution in [-0.2, 0) is 0 Å². The highest BCUT2D eigenvalue weighted by atomic mass is 16.3. The van der Waals surface area contributed by atoms with Gasteiger partial charge in [-0.15, -0.1) is 0 Å². The monoisotopic (exact) mass is 218 g/mol. The van der Waals surface area contributed by atoms with Gasteiger partial charge >= 0.3 is 0 Å². The summed E-state index contributed by atoms with van der Waals surface area (Å²) in [4.78, 5) is 0. The Morgan fingerprint density at radius 1 is 1.31 bits per heavy atom. The highest BCUT2D eigenvalue weighted by molar-refractivity contribution is 5.29. The van der Waals surface area contributed by atoms with Crippen LogP contribution in [0, 0.1) is 18.3 Å². The van der Waals surface area contributed by atoms with Gasteiger partial charge in [0.15, 0.2) is 0 Å². The van der Waals surface area contributed by atoms with Gasteiger partial charge in [-0.25, -0.2) is 0 Å². The van der Waals surface area contributed by atoms with E-state index >= 15 is 0 Å². The van der Waals surface area contributed by atoms with Crippen molar-refractivity contribution in [2.45, 2.75) is 47.0 Å². The lowest BCUT2D eigenvalue weighted by molar-refractivity contribution is 0.169. The normalized spacial score (nSPS) is 28.9. The lowest BCUT2D eigenvalue weighted by Crippen LogP contribution is -2.32. The van der Waals surface area contributed by atoms with Crippen LogP contribution in [0.3, 0.4) is 0 Å². The van der Waals surface area contributed by atoms with E-state index in [0.29, 0.717) is 11.8 Å². The minimum atomic E-state index is 0.281. The van der Waals surface area contributed by atoms with E-state index in [-0.39, 0.29) is 5.41 Å². The molecule has 0 N–H and O–H groups in total. The largest absolute Gasteiger partial charge is 0.468 e. The molecule has 88 valence electrons. The Kier molecular flexibility index (Phi) is 2.73. The van der Waals surface area contributed by atoms with E-state index in [1.807, 2.05) is 6.26 Å². The summed E-state index contributed by atoms with van der Waals surface area (Å²) in [6, 6.07) is 2.18. The maximum Gasteiger partial charge on any atom is 0.111 e. The lowest BCUT2D eigenvalue weighted by Gasteiger charge is -2.42. The Balaban J connectivity index is 2.44. The first-order valence-corrected chi connectivity index (χ1v) is 6.14. The number of hydrogen-bond donors (Lipinski definition) is 0. The third-order valence-corrected chi connectivity index (χ3v) is 4.30. The Labute approximate surface area is 98.5 Å². The molecule has 1 heterocycles. The van der Waals surface area contributed by atoms with Crippen LogP contribution in [0.25, 0.3) is 0 Å². The molecule has 1 aromatic heterocycles. The van der Waals surface area contributed by atoms with Crippen LogP contribution in [0.5, 0.6) is 0 Å². The topological polar surface area (TPSA) is 13.1 Å². The number of hydrogen-bond acceptors (Lipinski definition) is 1. The molecule has 0 spiro atoms. The average Bonchev–Trinajstić information content (AvgIpc) is 2.59. The zero-order valence-corrected chi connectivity index (χ0v) is 11.0. The third-order valence-electron chi connectivity index (χ3n) is 4.30. The van der Waals surface area contributed by atoms with Gasteiger partial charge in [0, 0.05) is 5.92 Å². The van der Waals surface area contributed by atoms with E-state index in [2.05, 4.69) is 46.8 Å². The number of aryl methyl sites for hydroxylation is 1. The molecular formula is C15H22O. The summed E-state index contributed by atoms with van der Waals surface area (Å²) in [6.45, 7) is 11.4. The summed E-state index contributed by atoms with van der Waals surface area (Å²) < 4.78 is 5.72. The van der Waals surface area contributed by atoms with Crippen LogP contribution in [0.1, 0.15) is 51.4 Å². The smallest absolute Gasteiger partial charge is 0.111 e. The molecule has 1 aliphatic rings. The van der Waals surface area contributed by atoms with E-state index in [1.54, 1.807) is 0 Å². The summed E-state index contributed by atoms with van der Waals surface area (Å²) in [7, 11) is 0. The van der Waals surface area contributed by atoms with Crippen LogP contribution < -0.4 is 0 Å². The van der Waals surface area contributed by atoms with Crippen LogP contribution in [-0.4, -0.2) is 0 Å². The molecule has 1 nitrogen and oxygen atoms in total. The highest BCUT2D eigenvalue weighted by Gasteiger charge is 2.40. The zero-order valence-electron chi connectivity index (χ0n) is 11.0.